The van der Waals surface area contributed by atoms with Crippen molar-refractivity contribution in [3.63, 3.8) is 0 Å². The van der Waals surface area contributed by atoms with Gasteiger partial charge < -0.3 is 20.3 Å². The number of pyridine rings is 1. The molecule has 0 atom stereocenters. The molecular formula is C18H27N7O2. The number of aliphatic imine (C=N–C) groups is 1. The second-order valence-electron chi connectivity index (χ2n) is 6.34. The van der Waals surface area contributed by atoms with E-state index in [1.54, 1.807) is 4.90 Å². The first kappa shape index (κ1) is 18.9. The van der Waals surface area contributed by atoms with Crippen LogP contribution in [-0.2, 0) is 11.3 Å². The third-order valence-corrected chi connectivity index (χ3v) is 4.47. The number of hydrogen-bond acceptors (Lipinski definition) is 5. The number of hydrogen-bond donors (Lipinski definition) is 2. The van der Waals surface area contributed by atoms with Gasteiger partial charge in [-0.1, -0.05) is 6.07 Å². The Labute approximate surface area is 158 Å². The Kier molecular flexibility index (Phi) is 6.45. The molecule has 146 valence electrons. The smallest absolute Gasteiger partial charge is 0.409 e. The van der Waals surface area contributed by atoms with E-state index >= 15 is 0 Å². The molecule has 1 saturated heterocycles. The van der Waals surface area contributed by atoms with Crippen LogP contribution in [0.15, 0.2) is 29.4 Å². The highest BCUT2D eigenvalue weighted by molar-refractivity contribution is 5.80. The molecule has 2 aromatic heterocycles. The van der Waals surface area contributed by atoms with Gasteiger partial charge in [0.1, 0.15) is 6.54 Å². The molecule has 0 aromatic carbocycles. The number of carbonyl (C=O) groups excluding carboxylic acids is 1. The fraction of sp³-hybridized carbons (Fsp3) is 0.556. The first-order valence-corrected chi connectivity index (χ1v) is 9.46. The molecule has 27 heavy (non-hydrogen) atoms. The van der Waals surface area contributed by atoms with Crippen LogP contribution in [-0.4, -0.2) is 63.8 Å². The molecule has 3 rings (SSSR count). The van der Waals surface area contributed by atoms with E-state index in [-0.39, 0.29) is 12.1 Å². The SMILES string of the molecule is CCNC(=NCc1nnc2ccccn12)NC1CCN(C(=O)OCC)CC1. The quantitative estimate of drug-likeness (QED) is 0.608. The number of piperidine rings is 1. The minimum atomic E-state index is -0.227. The predicted octanol–water partition coefficient (Wildman–Crippen LogP) is 1.41. The number of fused-ring (bicyclic) bond motifs is 1. The summed E-state index contributed by atoms with van der Waals surface area (Å²) in [7, 11) is 0. The van der Waals surface area contributed by atoms with Crippen LogP contribution in [0, 0.1) is 0 Å². The number of carbonyl (C=O) groups is 1. The van der Waals surface area contributed by atoms with E-state index in [1.807, 2.05) is 42.6 Å². The molecule has 0 saturated carbocycles. The van der Waals surface area contributed by atoms with Crippen molar-refractivity contribution in [3.8, 4) is 0 Å². The molecule has 1 fully saturated rings. The lowest BCUT2D eigenvalue weighted by atomic mass is 10.1. The van der Waals surface area contributed by atoms with Crippen LogP contribution in [0.25, 0.3) is 5.65 Å². The molecule has 0 radical (unpaired) electrons. The first-order valence-electron chi connectivity index (χ1n) is 9.46. The zero-order valence-corrected chi connectivity index (χ0v) is 15.9. The number of guanidine groups is 1. The van der Waals surface area contributed by atoms with Crippen LogP contribution in [0.4, 0.5) is 4.79 Å². The first-order chi connectivity index (χ1) is 13.2. The van der Waals surface area contributed by atoms with E-state index in [1.165, 1.54) is 0 Å². The van der Waals surface area contributed by atoms with Gasteiger partial charge in [-0.25, -0.2) is 9.79 Å². The Bertz CT molecular complexity index is 781. The summed E-state index contributed by atoms with van der Waals surface area (Å²) in [6.45, 7) is 6.84. The van der Waals surface area contributed by atoms with Crippen molar-refractivity contribution in [3.05, 3.63) is 30.2 Å². The summed E-state index contributed by atoms with van der Waals surface area (Å²) < 4.78 is 7.00. The summed E-state index contributed by atoms with van der Waals surface area (Å²) in [5.74, 6) is 1.54. The lowest BCUT2D eigenvalue weighted by Gasteiger charge is -2.32. The lowest BCUT2D eigenvalue weighted by Crippen LogP contribution is -2.49. The number of nitrogens with one attached hydrogen (secondary N) is 2. The average Bonchev–Trinajstić information content (AvgIpc) is 3.10. The highest BCUT2D eigenvalue weighted by atomic mass is 16.6. The zero-order chi connectivity index (χ0) is 19.1. The van der Waals surface area contributed by atoms with Crippen molar-refractivity contribution in [2.45, 2.75) is 39.3 Å². The molecular weight excluding hydrogens is 346 g/mol. The number of likely N-dealkylation sites (tertiary alicyclic amines) is 1. The summed E-state index contributed by atoms with van der Waals surface area (Å²) in [5.41, 5.74) is 0.812. The molecule has 9 nitrogen and oxygen atoms in total. The molecule has 0 unspecified atom stereocenters. The van der Waals surface area contributed by atoms with E-state index in [0.717, 1.165) is 36.8 Å². The number of amides is 1. The Morgan fingerprint density at radius 3 is 2.85 bits per heavy atom. The molecule has 0 spiro atoms. The normalized spacial score (nSPS) is 15.8. The highest BCUT2D eigenvalue weighted by Gasteiger charge is 2.24. The standard InChI is InChI=1S/C18H27N7O2/c1-3-19-17(20-13-16-23-22-15-7-5-6-10-25(15)16)21-14-8-11-24(12-9-14)18(26)27-4-2/h5-7,10,14H,3-4,8-9,11-13H2,1-2H3,(H2,19,20,21). The Balaban J connectivity index is 1.58. The van der Waals surface area contributed by atoms with Crippen molar-refractivity contribution in [1.82, 2.24) is 30.1 Å². The van der Waals surface area contributed by atoms with Gasteiger partial charge >= 0.3 is 6.09 Å². The van der Waals surface area contributed by atoms with E-state index in [4.69, 9.17) is 4.74 Å². The molecule has 1 aliphatic rings. The second-order valence-corrected chi connectivity index (χ2v) is 6.34. The number of ether oxygens (including phenoxy) is 1. The average molecular weight is 373 g/mol. The Hall–Kier alpha value is -2.84. The monoisotopic (exact) mass is 373 g/mol. The molecule has 2 N–H and O–H groups in total. The second kappa shape index (κ2) is 9.20. The third kappa shape index (κ3) is 4.87. The van der Waals surface area contributed by atoms with Gasteiger partial charge in [0.25, 0.3) is 0 Å². The van der Waals surface area contributed by atoms with Gasteiger partial charge in [0, 0.05) is 31.9 Å². The van der Waals surface area contributed by atoms with Gasteiger partial charge in [0.15, 0.2) is 17.4 Å². The van der Waals surface area contributed by atoms with Crippen LogP contribution in [0.5, 0.6) is 0 Å². The minimum Gasteiger partial charge on any atom is -0.450 e. The molecule has 9 heteroatoms. The summed E-state index contributed by atoms with van der Waals surface area (Å²) in [6.07, 6.45) is 3.43. The maximum atomic E-state index is 11.8. The van der Waals surface area contributed by atoms with Gasteiger partial charge in [0.05, 0.1) is 6.61 Å². The van der Waals surface area contributed by atoms with Gasteiger partial charge in [-0.2, -0.15) is 0 Å². The van der Waals surface area contributed by atoms with Gasteiger partial charge in [0.2, 0.25) is 0 Å². The van der Waals surface area contributed by atoms with Crippen molar-refractivity contribution < 1.29 is 9.53 Å². The largest absolute Gasteiger partial charge is 0.450 e. The van der Waals surface area contributed by atoms with E-state index in [2.05, 4.69) is 25.8 Å². The van der Waals surface area contributed by atoms with Crippen LogP contribution < -0.4 is 10.6 Å². The lowest BCUT2D eigenvalue weighted by molar-refractivity contribution is 0.0963. The van der Waals surface area contributed by atoms with Gasteiger partial charge in [-0.05, 0) is 38.8 Å². The summed E-state index contributed by atoms with van der Waals surface area (Å²) in [5, 5.41) is 15.1. The molecule has 0 bridgehead atoms. The zero-order valence-electron chi connectivity index (χ0n) is 15.9. The molecule has 1 amide bonds. The number of nitrogens with zero attached hydrogens (tertiary/aromatic N) is 5. The van der Waals surface area contributed by atoms with Crippen LogP contribution in [0.3, 0.4) is 0 Å². The van der Waals surface area contributed by atoms with Crippen molar-refractivity contribution in [2.75, 3.05) is 26.2 Å². The topological polar surface area (TPSA) is 96.1 Å². The Morgan fingerprint density at radius 2 is 2.11 bits per heavy atom. The van der Waals surface area contributed by atoms with Crippen molar-refractivity contribution >= 4 is 17.7 Å². The van der Waals surface area contributed by atoms with Gasteiger partial charge in [-0.15, -0.1) is 10.2 Å². The molecule has 1 aliphatic heterocycles. The molecule has 0 aliphatic carbocycles. The summed E-state index contributed by atoms with van der Waals surface area (Å²) >= 11 is 0. The maximum Gasteiger partial charge on any atom is 0.409 e. The Morgan fingerprint density at radius 1 is 1.30 bits per heavy atom. The number of rotatable bonds is 5. The maximum absolute atomic E-state index is 11.8. The fourth-order valence-electron chi connectivity index (χ4n) is 3.08. The molecule has 3 heterocycles. The van der Waals surface area contributed by atoms with Crippen LogP contribution in [0.1, 0.15) is 32.5 Å². The summed E-state index contributed by atoms with van der Waals surface area (Å²) in [4.78, 5) is 18.2. The van der Waals surface area contributed by atoms with Crippen molar-refractivity contribution in [1.29, 1.82) is 0 Å². The van der Waals surface area contributed by atoms with E-state index in [0.29, 0.717) is 26.2 Å². The van der Waals surface area contributed by atoms with Gasteiger partial charge in [-0.3, -0.25) is 4.40 Å². The van der Waals surface area contributed by atoms with E-state index < -0.39 is 0 Å². The highest BCUT2D eigenvalue weighted by Crippen LogP contribution is 2.11. The van der Waals surface area contributed by atoms with Crippen LogP contribution >= 0.6 is 0 Å². The number of aromatic nitrogens is 3. The molecule has 2 aromatic rings. The minimum absolute atomic E-state index is 0.227. The van der Waals surface area contributed by atoms with E-state index in [9.17, 15) is 4.79 Å². The van der Waals surface area contributed by atoms with Crippen molar-refractivity contribution in [2.24, 2.45) is 4.99 Å². The predicted molar refractivity (Wildman–Crippen MR) is 103 cm³/mol. The van der Waals surface area contributed by atoms with Crippen LogP contribution in [0.2, 0.25) is 0 Å². The third-order valence-electron chi connectivity index (χ3n) is 4.47. The fourth-order valence-corrected chi connectivity index (χ4v) is 3.08. The summed E-state index contributed by atoms with van der Waals surface area (Å²) in [6, 6.07) is 6.07.